The van der Waals surface area contributed by atoms with Crippen molar-refractivity contribution in [2.45, 2.75) is 57.9 Å². The van der Waals surface area contributed by atoms with E-state index in [0.717, 1.165) is 41.3 Å². The first-order chi connectivity index (χ1) is 8.97. The van der Waals surface area contributed by atoms with E-state index in [4.69, 9.17) is 5.73 Å². The van der Waals surface area contributed by atoms with Crippen LogP contribution in [0.25, 0.3) is 0 Å². The smallest absolute Gasteiger partial charge is 0.0422 e. The molecule has 1 aromatic heterocycles. The van der Waals surface area contributed by atoms with E-state index < -0.39 is 0 Å². The van der Waals surface area contributed by atoms with Gasteiger partial charge in [-0.2, -0.15) is 0 Å². The van der Waals surface area contributed by atoms with Crippen LogP contribution in [0, 0.1) is 11.8 Å². The number of nitrogens with two attached hydrogens (primary N) is 1. The van der Waals surface area contributed by atoms with Crippen molar-refractivity contribution >= 4 is 15.9 Å². The minimum atomic E-state index is -0.0430. The van der Waals surface area contributed by atoms with Crippen LogP contribution < -0.4 is 5.73 Å². The van der Waals surface area contributed by atoms with Gasteiger partial charge in [0.15, 0.2) is 0 Å². The Balaban J connectivity index is 1.99. The summed E-state index contributed by atoms with van der Waals surface area (Å²) >= 11 is 3.43. The van der Waals surface area contributed by atoms with Crippen molar-refractivity contribution < 1.29 is 0 Å². The van der Waals surface area contributed by atoms with Gasteiger partial charge in [-0.25, -0.2) is 0 Å². The van der Waals surface area contributed by atoms with E-state index in [-0.39, 0.29) is 5.54 Å². The predicted molar refractivity (Wildman–Crippen MR) is 84.0 cm³/mol. The number of halogens is 1. The van der Waals surface area contributed by atoms with Crippen LogP contribution in [-0.2, 0) is 6.42 Å². The lowest BCUT2D eigenvalue weighted by Crippen LogP contribution is -2.46. The van der Waals surface area contributed by atoms with Gasteiger partial charge in [-0.05, 0) is 59.2 Å². The molecule has 1 fully saturated rings. The summed E-state index contributed by atoms with van der Waals surface area (Å²) in [5, 5.41) is 0. The summed E-state index contributed by atoms with van der Waals surface area (Å²) in [5.74, 6) is 1.58. The lowest BCUT2D eigenvalue weighted by Gasteiger charge is -2.38. The number of aromatic nitrogens is 1. The molecule has 1 heterocycles. The Morgan fingerprint density at radius 2 is 2.26 bits per heavy atom. The minimum absolute atomic E-state index is 0.0430. The van der Waals surface area contributed by atoms with Crippen molar-refractivity contribution in [1.29, 1.82) is 0 Å². The molecule has 1 aliphatic carbocycles. The molecule has 0 aromatic carbocycles. The second kappa shape index (κ2) is 6.36. The molecule has 2 unspecified atom stereocenters. The van der Waals surface area contributed by atoms with Gasteiger partial charge in [0, 0.05) is 28.3 Å². The first kappa shape index (κ1) is 15.0. The van der Waals surface area contributed by atoms with Gasteiger partial charge in [0.2, 0.25) is 0 Å². The number of hydrogen-bond acceptors (Lipinski definition) is 2. The zero-order chi connectivity index (χ0) is 13.9. The van der Waals surface area contributed by atoms with Crippen molar-refractivity contribution in [1.82, 2.24) is 4.98 Å². The van der Waals surface area contributed by atoms with Crippen molar-refractivity contribution in [3.05, 3.63) is 28.5 Å². The van der Waals surface area contributed by atoms with Crippen LogP contribution in [0.2, 0.25) is 0 Å². The molecule has 3 heteroatoms. The molecule has 2 rings (SSSR count). The molecule has 0 bridgehead atoms. The second-order valence-corrected chi connectivity index (χ2v) is 7.51. The van der Waals surface area contributed by atoms with Crippen LogP contribution in [0.5, 0.6) is 0 Å². The van der Waals surface area contributed by atoms with E-state index in [1.54, 1.807) is 0 Å². The van der Waals surface area contributed by atoms with Gasteiger partial charge >= 0.3 is 0 Å². The highest BCUT2D eigenvalue weighted by atomic mass is 79.9. The molecule has 0 saturated heterocycles. The zero-order valence-corrected chi connectivity index (χ0v) is 13.6. The topological polar surface area (TPSA) is 38.9 Å². The number of rotatable bonds is 4. The van der Waals surface area contributed by atoms with E-state index >= 15 is 0 Å². The standard InChI is InChI=1S/C16H25BrN2/c1-12(2)8-13-4-3-7-16(18,9-13)10-15-6-5-14(17)11-19-15/h5-6,11-13H,3-4,7-10,18H2,1-2H3. The number of nitrogens with zero attached hydrogens (tertiary/aromatic N) is 1. The quantitative estimate of drug-likeness (QED) is 0.895. The molecule has 1 aliphatic rings. The Labute approximate surface area is 125 Å². The first-order valence-electron chi connectivity index (χ1n) is 7.36. The molecule has 2 nitrogen and oxygen atoms in total. The predicted octanol–water partition coefficient (Wildman–Crippen LogP) is 4.32. The summed E-state index contributed by atoms with van der Waals surface area (Å²) in [6.45, 7) is 4.62. The molecule has 0 amide bonds. The maximum absolute atomic E-state index is 6.64. The molecule has 0 spiro atoms. The lowest BCUT2D eigenvalue weighted by molar-refractivity contribution is 0.199. The third-order valence-electron chi connectivity index (χ3n) is 4.11. The minimum Gasteiger partial charge on any atom is -0.325 e. The number of pyridine rings is 1. The van der Waals surface area contributed by atoms with Crippen LogP contribution in [-0.4, -0.2) is 10.5 Å². The zero-order valence-electron chi connectivity index (χ0n) is 12.0. The molecule has 19 heavy (non-hydrogen) atoms. The van der Waals surface area contributed by atoms with E-state index in [9.17, 15) is 0 Å². The average molecular weight is 325 g/mol. The molecule has 0 aliphatic heterocycles. The molecule has 0 radical (unpaired) electrons. The van der Waals surface area contributed by atoms with E-state index in [0.29, 0.717) is 0 Å². The monoisotopic (exact) mass is 324 g/mol. The Morgan fingerprint density at radius 3 is 2.89 bits per heavy atom. The van der Waals surface area contributed by atoms with Gasteiger partial charge < -0.3 is 5.73 Å². The summed E-state index contributed by atoms with van der Waals surface area (Å²) in [6.07, 6.45) is 9.01. The van der Waals surface area contributed by atoms with Gasteiger partial charge in [-0.1, -0.05) is 26.7 Å². The molecule has 1 saturated carbocycles. The fourth-order valence-corrected chi connectivity index (χ4v) is 3.66. The Bertz CT molecular complexity index is 402. The maximum Gasteiger partial charge on any atom is 0.0422 e. The SMILES string of the molecule is CC(C)CC1CCCC(N)(Cc2ccc(Br)cn2)C1. The maximum atomic E-state index is 6.64. The van der Waals surface area contributed by atoms with Gasteiger partial charge in [0.25, 0.3) is 0 Å². The Kier molecular flexibility index (Phi) is 5.02. The fraction of sp³-hybridized carbons (Fsp3) is 0.688. The van der Waals surface area contributed by atoms with Gasteiger partial charge in [0.05, 0.1) is 0 Å². The number of hydrogen-bond donors (Lipinski definition) is 1. The summed E-state index contributed by atoms with van der Waals surface area (Å²) in [4.78, 5) is 4.48. The largest absolute Gasteiger partial charge is 0.325 e. The van der Waals surface area contributed by atoms with E-state index in [1.807, 2.05) is 6.20 Å². The molecule has 1 aromatic rings. The van der Waals surface area contributed by atoms with Crippen molar-refractivity contribution in [2.24, 2.45) is 17.6 Å². The molecule has 2 N–H and O–H groups in total. The van der Waals surface area contributed by atoms with Crippen molar-refractivity contribution in [2.75, 3.05) is 0 Å². The molecular weight excluding hydrogens is 300 g/mol. The first-order valence-corrected chi connectivity index (χ1v) is 8.15. The Morgan fingerprint density at radius 1 is 1.47 bits per heavy atom. The summed E-state index contributed by atoms with van der Waals surface area (Å²) in [7, 11) is 0. The third kappa shape index (κ3) is 4.57. The van der Waals surface area contributed by atoms with Gasteiger partial charge in [-0.3, -0.25) is 4.98 Å². The summed E-state index contributed by atoms with van der Waals surface area (Å²) in [6, 6.07) is 4.14. The third-order valence-corrected chi connectivity index (χ3v) is 4.58. The molecule has 2 atom stereocenters. The molecular formula is C16H25BrN2. The van der Waals surface area contributed by atoms with Crippen molar-refractivity contribution in [3.63, 3.8) is 0 Å². The highest BCUT2D eigenvalue weighted by Gasteiger charge is 2.33. The van der Waals surface area contributed by atoms with Gasteiger partial charge in [0.1, 0.15) is 0 Å². The summed E-state index contributed by atoms with van der Waals surface area (Å²) < 4.78 is 1.03. The van der Waals surface area contributed by atoms with Crippen LogP contribution in [0.15, 0.2) is 22.8 Å². The van der Waals surface area contributed by atoms with Crippen LogP contribution in [0.4, 0.5) is 0 Å². The summed E-state index contributed by atoms with van der Waals surface area (Å²) in [5.41, 5.74) is 7.72. The van der Waals surface area contributed by atoms with E-state index in [2.05, 4.69) is 46.9 Å². The molecule has 106 valence electrons. The lowest BCUT2D eigenvalue weighted by atomic mass is 9.72. The van der Waals surface area contributed by atoms with E-state index in [1.165, 1.54) is 19.3 Å². The van der Waals surface area contributed by atoms with Crippen LogP contribution in [0.3, 0.4) is 0 Å². The van der Waals surface area contributed by atoms with Crippen molar-refractivity contribution in [3.8, 4) is 0 Å². The normalized spacial score (nSPS) is 27.7. The Hall–Kier alpha value is -0.410. The second-order valence-electron chi connectivity index (χ2n) is 6.60. The highest BCUT2D eigenvalue weighted by Crippen LogP contribution is 2.36. The van der Waals surface area contributed by atoms with Crippen LogP contribution >= 0.6 is 15.9 Å². The fourth-order valence-electron chi connectivity index (χ4n) is 3.42. The van der Waals surface area contributed by atoms with Gasteiger partial charge in [-0.15, -0.1) is 0 Å². The highest BCUT2D eigenvalue weighted by molar-refractivity contribution is 9.10. The van der Waals surface area contributed by atoms with Crippen LogP contribution in [0.1, 0.15) is 51.6 Å². The average Bonchev–Trinajstić information content (AvgIpc) is 2.31.